The van der Waals surface area contributed by atoms with E-state index in [1.807, 2.05) is 18.2 Å². The molecule has 1 N–H and O–H groups in total. The van der Waals surface area contributed by atoms with Gasteiger partial charge in [-0.2, -0.15) is 0 Å². The fourth-order valence-electron chi connectivity index (χ4n) is 3.45. The summed E-state index contributed by atoms with van der Waals surface area (Å²) in [7, 11) is 1.66. The minimum atomic E-state index is -0.0489. The van der Waals surface area contributed by atoms with Crippen LogP contribution in [0.5, 0.6) is 0 Å². The van der Waals surface area contributed by atoms with Gasteiger partial charge >= 0.3 is 0 Å². The van der Waals surface area contributed by atoms with Gasteiger partial charge in [0.05, 0.1) is 0 Å². The molecule has 3 rings (SSSR count). The number of rotatable bonds is 4. The Morgan fingerprint density at radius 1 is 1.00 bits per heavy atom. The van der Waals surface area contributed by atoms with E-state index in [2.05, 4.69) is 47.5 Å². The normalized spacial score (nSPS) is 16.6. The molecule has 3 heteroatoms. The molecule has 1 unspecified atom stereocenters. The molecule has 2 aromatic carbocycles. The summed E-state index contributed by atoms with van der Waals surface area (Å²) in [6.07, 6.45) is 3.99. The molecule has 0 radical (unpaired) electrons. The van der Waals surface area contributed by atoms with Crippen LogP contribution in [-0.2, 0) is 0 Å². The van der Waals surface area contributed by atoms with E-state index in [0.29, 0.717) is 11.6 Å². The van der Waals surface area contributed by atoms with Crippen molar-refractivity contribution >= 4 is 5.91 Å². The van der Waals surface area contributed by atoms with Gasteiger partial charge in [-0.3, -0.25) is 9.69 Å². The van der Waals surface area contributed by atoms with Crippen molar-refractivity contribution in [1.29, 1.82) is 0 Å². The minimum absolute atomic E-state index is 0.0489. The smallest absolute Gasteiger partial charge is 0.251 e. The Bertz CT molecular complexity index is 687. The summed E-state index contributed by atoms with van der Waals surface area (Å²) in [5, 5.41) is 2.68. The zero-order chi connectivity index (χ0) is 16.9. The molecular formula is C21H26N2O. The van der Waals surface area contributed by atoms with Crippen molar-refractivity contribution in [3.05, 3.63) is 59.7 Å². The number of benzene rings is 2. The number of nitrogens with one attached hydrogen (secondary N) is 1. The van der Waals surface area contributed by atoms with E-state index in [-0.39, 0.29) is 5.91 Å². The average molecular weight is 322 g/mol. The molecular weight excluding hydrogens is 296 g/mol. The maximum atomic E-state index is 11.8. The molecule has 0 spiro atoms. The van der Waals surface area contributed by atoms with Crippen molar-refractivity contribution in [1.82, 2.24) is 10.2 Å². The van der Waals surface area contributed by atoms with Crippen molar-refractivity contribution in [3.63, 3.8) is 0 Å². The Kier molecular flexibility index (Phi) is 5.31. The number of carbonyl (C=O) groups is 1. The number of nitrogens with zero attached hydrogens (tertiary/aromatic N) is 1. The van der Waals surface area contributed by atoms with Gasteiger partial charge < -0.3 is 5.32 Å². The Hall–Kier alpha value is -2.13. The highest BCUT2D eigenvalue weighted by Gasteiger charge is 2.18. The van der Waals surface area contributed by atoms with Crippen molar-refractivity contribution in [3.8, 4) is 11.1 Å². The van der Waals surface area contributed by atoms with Crippen LogP contribution in [-0.4, -0.2) is 30.9 Å². The molecule has 0 aromatic heterocycles. The third kappa shape index (κ3) is 3.68. The molecule has 1 heterocycles. The Labute approximate surface area is 144 Å². The highest BCUT2D eigenvalue weighted by Crippen LogP contribution is 2.27. The van der Waals surface area contributed by atoms with Crippen LogP contribution in [0.25, 0.3) is 11.1 Å². The molecule has 0 saturated carbocycles. The van der Waals surface area contributed by atoms with Crippen LogP contribution in [0.2, 0.25) is 0 Å². The van der Waals surface area contributed by atoms with E-state index < -0.39 is 0 Å². The monoisotopic (exact) mass is 322 g/mol. The van der Waals surface area contributed by atoms with E-state index >= 15 is 0 Å². The van der Waals surface area contributed by atoms with Gasteiger partial charge in [-0.25, -0.2) is 0 Å². The molecule has 1 aliphatic rings. The van der Waals surface area contributed by atoms with Crippen LogP contribution in [0.15, 0.2) is 48.5 Å². The summed E-state index contributed by atoms with van der Waals surface area (Å²) in [6.45, 7) is 4.71. The molecule has 24 heavy (non-hydrogen) atoms. The molecule has 1 amide bonds. The fraction of sp³-hybridized carbons (Fsp3) is 0.381. The van der Waals surface area contributed by atoms with E-state index in [1.165, 1.54) is 37.9 Å². The van der Waals surface area contributed by atoms with Crippen LogP contribution in [0.3, 0.4) is 0 Å². The maximum absolute atomic E-state index is 11.8. The largest absolute Gasteiger partial charge is 0.355 e. The lowest BCUT2D eigenvalue weighted by molar-refractivity contribution is 0.0963. The SMILES string of the molecule is CNC(=O)c1cccc(-c2ccc(C(C)N3CCCCC3)cc2)c1. The van der Waals surface area contributed by atoms with Gasteiger partial charge in [0.15, 0.2) is 0 Å². The molecule has 126 valence electrons. The van der Waals surface area contributed by atoms with Gasteiger partial charge in [0.2, 0.25) is 0 Å². The second-order valence-corrected chi connectivity index (χ2v) is 6.55. The predicted octanol–water partition coefficient (Wildman–Crippen LogP) is 4.26. The van der Waals surface area contributed by atoms with Gasteiger partial charge in [0.1, 0.15) is 0 Å². The number of likely N-dealkylation sites (tertiary alicyclic amines) is 1. The molecule has 0 bridgehead atoms. The van der Waals surface area contributed by atoms with Crippen LogP contribution in [0.1, 0.15) is 48.1 Å². The van der Waals surface area contributed by atoms with Gasteiger partial charge in [0.25, 0.3) is 5.91 Å². The lowest BCUT2D eigenvalue weighted by atomic mass is 9.98. The molecule has 3 nitrogen and oxygen atoms in total. The molecule has 1 aliphatic heterocycles. The highest BCUT2D eigenvalue weighted by atomic mass is 16.1. The maximum Gasteiger partial charge on any atom is 0.251 e. The molecule has 1 saturated heterocycles. The second kappa shape index (κ2) is 7.63. The standard InChI is InChI=1S/C21H26N2O/c1-16(23-13-4-3-5-14-23)17-9-11-18(12-10-17)19-7-6-8-20(15-19)21(24)22-2/h6-12,15-16H,3-5,13-14H2,1-2H3,(H,22,24). The minimum Gasteiger partial charge on any atom is -0.355 e. The summed E-state index contributed by atoms with van der Waals surface area (Å²) in [5.74, 6) is -0.0489. The third-order valence-corrected chi connectivity index (χ3v) is 5.02. The number of hydrogen-bond acceptors (Lipinski definition) is 2. The predicted molar refractivity (Wildman–Crippen MR) is 99.1 cm³/mol. The first-order chi connectivity index (χ1) is 11.7. The Balaban J connectivity index is 1.78. The van der Waals surface area contributed by atoms with Crippen molar-refractivity contribution in [2.45, 2.75) is 32.2 Å². The van der Waals surface area contributed by atoms with Crippen LogP contribution >= 0.6 is 0 Å². The number of amides is 1. The summed E-state index contributed by atoms with van der Waals surface area (Å²) in [4.78, 5) is 14.4. The molecule has 2 aromatic rings. The summed E-state index contributed by atoms with van der Waals surface area (Å²) in [5.41, 5.74) is 4.28. The molecule has 1 atom stereocenters. The first-order valence-corrected chi connectivity index (χ1v) is 8.85. The topological polar surface area (TPSA) is 32.3 Å². The first-order valence-electron chi connectivity index (χ1n) is 8.85. The average Bonchev–Trinajstić information content (AvgIpc) is 2.67. The zero-order valence-corrected chi connectivity index (χ0v) is 14.6. The fourth-order valence-corrected chi connectivity index (χ4v) is 3.45. The number of carbonyl (C=O) groups excluding carboxylic acids is 1. The van der Waals surface area contributed by atoms with Crippen LogP contribution < -0.4 is 5.32 Å². The Morgan fingerprint density at radius 3 is 2.38 bits per heavy atom. The van der Waals surface area contributed by atoms with Crippen molar-refractivity contribution < 1.29 is 4.79 Å². The van der Waals surface area contributed by atoms with Gasteiger partial charge in [-0.1, -0.05) is 42.8 Å². The lowest BCUT2D eigenvalue weighted by Crippen LogP contribution is -2.32. The van der Waals surface area contributed by atoms with Crippen LogP contribution in [0.4, 0.5) is 0 Å². The van der Waals surface area contributed by atoms with E-state index in [9.17, 15) is 4.79 Å². The van der Waals surface area contributed by atoms with Crippen molar-refractivity contribution in [2.75, 3.05) is 20.1 Å². The van der Waals surface area contributed by atoms with E-state index in [0.717, 1.165) is 11.1 Å². The third-order valence-electron chi connectivity index (χ3n) is 5.02. The summed E-state index contributed by atoms with van der Waals surface area (Å²) in [6, 6.07) is 17.0. The quantitative estimate of drug-likeness (QED) is 0.912. The number of hydrogen-bond donors (Lipinski definition) is 1. The highest BCUT2D eigenvalue weighted by molar-refractivity contribution is 5.95. The molecule has 1 fully saturated rings. The van der Waals surface area contributed by atoms with Crippen LogP contribution in [0, 0.1) is 0 Å². The van der Waals surface area contributed by atoms with E-state index in [1.54, 1.807) is 7.05 Å². The zero-order valence-electron chi connectivity index (χ0n) is 14.6. The second-order valence-electron chi connectivity index (χ2n) is 6.55. The van der Waals surface area contributed by atoms with Crippen molar-refractivity contribution in [2.24, 2.45) is 0 Å². The Morgan fingerprint density at radius 2 is 1.71 bits per heavy atom. The lowest BCUT2D eigenvalue weighted by Gasteiger charge is -2.32. The van der Waals surface area contributed by atoms with E-state index in [4.69, 9.17) is 0 Å². The number of piperidine rings is 1. The summed E-state index contributed by atoms with van der Waals surface area (Å²) < 4.78 is 0. The van der Waals surface area contributed by atoms with Gasteiger partial charge in [-0.05, 0) is 61.7 Å². The van der Waals surface area contributed by atoms with Gasteiger partial charge in [-0.15, -0.1) is 0 Å². The summed E-state index contributed by atoms with van der Waals surface area (Å²) >= 11 is 0. The molecule has 0 aliphatic carbocycles. The first kappa shape index (κ1) is 16.7. The van der Waals surface area contributed by atoms with Gasteiger partial charge in [0, 0.05) is 18.7 Å².